The second-order valence-corrected chi connectivity index (χ2v) is 10.3. The lowest BCUT2D eigenvalue weighted by molar-refractivity contribution is -0.386. The lowest BCUT2D eigenvalue weighted by Gasteiger charge is -2.32. The molecule has 0 heterocycles. The van der Waals surface area contributed by atoms with Crippen molar-refractivity contribution in [3.05, 3.63) is 58.6 Å². The molecule has 0 saturated heterocycles. The number of ether oxygens (including phenoxy) is 1. The number of nitrogens with two attached hydrogens (primary N) is 1. The van der Waals surface area contributed by atoms with E-state index in [1.165, 1.54) is 25.0 Å². The fraction of sp³-hybridized carbons (Fsp3) is 0.400. The van der Waals surface area contributed by atoms with Gasteiger partial charge in [0, 0.05) is 11.0 Å². The first kappa shape index (κ1) is 21.6. The highest BCUT2D eigenvalue weighted by atomic mass is 32.2. The molecule has 1 aliphatic rings. The van der Waals surface area contributed by atoms with Crippen LogP contribution in [0.1, 0.15) is 38.5 Å². The van der Waals surface area contributed by atoms with Crippen molar-refractivity contribution in [1.29, 1.82) is 0 Å². The third kappa shape index (κ3) is 5.71. The molecule has 7 nitrogen and oxygen atoms in total. The monoisotopic (exact) mass is 436 g/mol. The summed E-state index contributed by atoms with van der Waals surface area (Å²) in [4.78, 5) is 11.6. The highest BCUT2D eigenvalue weighted by Crippen LogP contribution is 2.44. The summed E-state index contributed by atoms with van der Waals surface area (Å²) in [5.74, 6) is 0.0553. The zero-order valence-electron chi connectivity index (χ0n) is 16.0. The van der Waals surface area contributed by atoms with E-state index in [9.17, 15) is 18.5 Å². The Morgan fingerprint density at radius 1 is 1.07 bits per heavy atom. The van der Waals surface area contributed by atoms with E-state index in [1.807, 2.05) is 18.2 Å². The van der Waals surface area contributed by atoms with Crippen LogP contribution in [-0.2, 0) is 10.0 Å². The standard InChI is InChI=1S/C20H24N2O5S2/c21-29(25,26)17-10-11-19(18(14-17)22(23)24)27-15-20(12-6-1-2-7-13-20)28-16-8-4-3-5-9-16/h3-5,8-11,14H,1-2,6-7,12-13,15H2,(H2,21,25,26). The van der Waals surface area contributed by atoms with Crippen molar-refractivity contribution in [1.82, 2.24) is 0 Å². The molecule has 1 saturated carbocycles. The first-order valence-electron chi connectivity index (χ1n) is 9.47. The van der Waals surface area contributed by atoms with Crippen molar-refractivity contribution in [2.45, 2.75) is 53.1 Å². The van der Waals surface area contributed by atoms with Gasteiger partial charge in [-0.2, -0.15) is 0 Å². The lowest BCUT2D eigenvalue weighted by atomic mass is 10.0. The van der Waals surface area contributed by atoms with Gasteiger partial charge in [-0.05, 0) is 37.1 Å². The maximum atomic E-state index is 11.5. The van der Waals surface area contributed by atoms with Gasteiger partial charge in [0.15, 0.2) is 5.75 Å². The fourth-order valence-electron chi connectivity index (χ4n) is 3.54. The van der Waals surface area contributed by atoms with Crippen molar-refractivity contribution < 1.29 is 18.1 Å². The number of thioether (sulfide) groups is 1. The predicted molar refractivity (Wildman–Crippen MR) is 113 cm³/mol. The number of nitrogens with zero attached hydrogens (tertiary/aromatic N) is 1. The second kappa shape index (κ2) is 9.15. The average molecular weight is 437 g/mol. The SMILES string of the molecule is NS(=O)(=O)c1ccc(OCC2(Sc3ccccc3)CCCCCC2)c([N+](=O)[O-])c1. The van der Waals surface area contributed by atoms with Gasteiger partial charge in [-0.3, -0.25) is 10.1 Å². The Morgan fingerprint density at radius 3 is 2.31 bits per heavy atom. The van der Waals surface area contributed by atoms with Crippen LogP contribution >= 0.6 is 11.8 Å². The largest absolute Gasteiger partial charge is 0.485 e. The molecule has 0 amide bonds. The van der Waals surface area contributed by atoms with Crippen LogP contribution in [0.2, 0.25) is 0 Å². The Balaban J connectivity index is 1.86. The Labute approximate surface area is 174 Å². The number of hydrogen-bond acceptors (Lipinski definition) is 6. The fourth-order valence-corrected chi connectivity index (χ4v) is 5.47. The van der Waals surface area contributed by atoms with Gasteiger partial charge in [-0.1, -0.05) is 43.9 Å². The van der Waals surface area contributed by atoms with Crippen molar-refractivity contribution in [2.75, 3.05) is 6.61 Å². The number of primary sulfonamides is 1. The van der Waals surface area contributed by atoms with Crippen LogP contribution < -0.4 is 9.88 Å². The molecule has 1 aliphatic carbocycles. The van der Waals surface area contributed by atoms with Crippen LogP contribution in [0, 0.1) is 10.1 Å². The quantitative estimate of drug-likeness (QED) is 0.388. The van der Waals surface area contributed by atoms with Crippen molar-refractivity contribution in [3.8, 4) is 5.75 Å². The molecule has 1 fully saturated rings. The van der Waals surface area contributed by atoms with E-state index in [2.05, 4.69) is 12.1 Å². The van der Waals surface area contributed by atoms with Gasteiger partial charge >= 0.3 is 5.69 Å². The summed E-state index contributed by atoms with van der Waals surface area (Å²) in [6, 6.07) is 13.6. The second-order valence-electron chi connectivity index (χ2n) is 7.23. The van der Waals surface area contributed by atoms with Gasteiger partial charge in [0.05, 0.1) is 14.6 Å². The number of rotatable bonds is 7. The maximum absolute atomic E-state index is 11.5. The third-order valence-corrected chi connectivity index (χ3v) is 7.42. The van der Waals surface area contributed by atoms with Crippen LogP contribution in [0.5, 0.6) is 5.75 Å². The molecule has 0 atom stereocenters. The van der Waals surface area contributed by atoms with E-state index < -0.39 is 20.6 Å². The van der Waals surface area contributed by atoms with Gasteiger partial charge in [0.2, 0.25) is 10.0 Å². The van der Waals surface area contributed by atoms with Crippen LogP contribution in [-0.4, -0.2) is 24.7 Å². The topological polar surface area (TPSA) is 113 Å². The van der Waals surface area contributed by atoms with Crippen LogP contribution in [0.3, 0.4) is 0 Å². The summed E-state index contributed by atoms with van der Waals surface area (Å²) in [7, 11) is -4.03. The summed E-state index contributed by atoms with van der Waals surface area (Å²) < 4.78 is 28.8. The van der Waals surface area contributed by atoms with E-state index in [-0.39, 0.29) is 15.4 Å². The zero-order chi connectivity index (χ0) is 20.9. The number of sulfonamides is 1. The first-order chi connectivity index (χ1) is 13.8. The highest BCUT2D eigenvalue weighted by Gasteiger charge is 2.34. The minimum Gasteiger partial charge on any atom is -0.485 e. The molecule has 0 radical (unpaired) electrons. The smallest absolute Gasteiger partial charge is 0.312 e. The Morgan fingerprint density at radius 2 is 1.72 bits per heavy atom. The van der Waals surface area contributed by atoms with Crippen LogP contribution in [0.25, 0.3) is 0 Å². The molecule has 0 aliphatic heterocycles. The van der Waals surface area contributed by atoms with E-state index in [0.29, 0.717) is 6.61 Å². The Bertz CT molecular complexity index is 956. The lowest BCUT2D eigenvalue weighted by Crippen LogP contribution is -2.32. The molecule has 29 heavy (non-hydrogen) atoms. The maximum Gasteiger partial charge on any atom is 0.312 e. The highest BCUT2D eigenvalue weighted by molar-refractivity contribution is 8.00. The van der Waals surface area contributed by atoms with Crippen LogP contribution in [0.4, 0.5) is 5.69 Å². The van der Waals surface area contributed by atoms with Gasteiger partial charge in [0.1, 0.15) is 6.61 Å². The Hall–Kier alpha value is -2.10. The van der Waals surface area contributed by atoms with E-state index in [1.54, 1.807) is 11.8 Å². The van der Waals surface area contributed by atoms with Gasteiger partial charge in [-0.25, -0.2) is 13.6 Å². The summed E-state index contributed by atoms with van der Waals surface area (Å²) in [5, 5.41) is 16.6. The number of hydrogen-bond donors (Lipinski definition) is 1. The van der Waals surface area contributed by atoms with E-state index >= 15 is 0 Å². The molecule has 9 heteroatoms. The minimum atomic E-state index is -4.03. The summed E-state index contributed by atoms with van der Waals surface area (Å²) >= 11 is 1.76. The van der Waals surface area contributed by atoms with Crippen molar-refractivity contribution >= 4 is 27.5 Å². The molecule has 156 valence electrons. The molecule has 3 rings (SSSR count). The van der Waals surface area contributed by atoms with E-state index in [0.717, 1.165) is 36.6 Å². The number of nitro benzene ring substituents is 1. The molecule has 0 bridgehead atoms. The summed E-state index contributed by atoms with van der Waals surface area (Å²) in [6.45, 7) is 0.308. The summed E-state index contributed by atoms with van der Waals surface area (Å²) in [5.41, 5.74) is -0.398. The van der Waals surface area contributed by atoms with Crippen molar-refractivity contribution in [2.24, 2.45) is 5.14 Å². The predicted octanol–water partition coefficient (Wildman–Crippen LogP) is 4.51. The number of nitro groups is 1. The summed E-state index contributed by atoms with van der Waals surface area (Å²) in [6.07, 6.45) is 6.40. The molecule has 0 unspecified atom stereocenters. The first-order valence-corrected chi connectivity index (χ1v) is 11.8. The molecular formula is C20H24N2O5S2. The third-order valence-electron chi connectivity index (χ3n) is 5.04. The molecule has 0 aromatic heterocycles. The molecule has 2 aromatic carbocycles. The van der Waals surface area contributed by atoms with E-state index in [4.69, 9.17) is 9.88 Å². The molecule has 0 spiro atoms. The van der Waals surface area contributed by atoms with Gasteiger partial charge in [-0.15, -0.1) is 11.8 Å². The van der Waals surface area contributed by atoms with Gasteiger partial charge < -0.3 is 4.74 Å². The molecular weight excluding hydrogens is 412 g/mol. The van der Waals surface area contributed by atoms with Crippen molar-refractivity contribution in [3.63, 3.8) is 0 Å². The molecule has 2 aromatic rings. The zero-order valence-corrected chi connectivity index (χ0v) is 17.6. The number of benzene rings is 2. The Kier molecular flexibility index (Phi) is 6.81. The van der Waals surface area contributed by atoms with Crippen LogP contribution in [0.15, 0.2) is 58.3 Å². The normalized spacial score (nSPS) is 16.7. The average Bonchev–Trinajstić information content (AvgIpc) is 2.92. The van der Waals surface area contributed by atoms with Gasteiger partial charge in [0.25, 0.3) is 0 Å². The molecule has 2 N–H and O–H groups in total. The minimum absolute atomic E-state index is 0.0553.